The van der Waals surface area contributed by atoms with Gasteiger partial charge >= 0.3 is 0 Å². The van der Waals surface area contributed by atoms with Gasteiger partial charge < -0.3 is 10.6 Å². The molecule has 0 aliphatic carbocycles. The van der Waals surface area contributed by atoms with Gasteiger partial charge in [0.15, 0.2) is 5.82 Å². The Hall–Kier alpha value is -1.03. The number of halogens is 1. The number of hydrogen-bond acceptors (Lipinski definition) is 4. The lowest BCUT2D eigenvalue weighted by molar-refractivity contribution is 0.545. The number of aromatic nitrogens is 2. The zero-order valence-electron chi connectivity index (χ0n) is 10.1. The summed E-state index contributed by atoms with van der Waals surface area (Å²) in [7, 11) is 0. The summed E-state index contributed by atoms with van der Waals surface area (Å²) in [4.78, 5) is 10.2. The first kappa shape index (κ1) is 13.0. The topological polar surface area (TPSA) is 55.0 Å². The van der Waals surface area contributed by atoms with Gasteiger partial charge in [0.2, 0.25) is 0 Å². The summed E-state index contributed by atoms with van der Waals surface area (Å²) in [6.45, 7) is 8.26. The van der Waals surface area contributed by atoms with Crippen LogP contribution in [0.3, 0.4) is 0 Å². The Morgan fingerprint density at radius 3 is 2.69 bits per heavy atom. The third-order valence-corrected chi connectivity index (χ3v) is 3.07. The Kier molecular flexibility index (Phi) is 4.80. The van der Waals surface area contributed by atoms with E-state index in [1.54, 1.807) is 0 Å². The third-order valence-electron chi connectivity index (χ3n) is 2.71. The van der Waals surface area contributed by atoms with Gasteiger partial charge in [-0.2, -0.15) is 0 Å². The second-order valence-corrected chi connectivity index (χ2v) is 4.33. The predicted molar refractivity (Wildman–Crippen MR) is 68.8 cm³/mol. The summed E-state index contributed by atoms with van der Waals surface area (Å²) < 4.78 is 0. The average Bonchev–Trinajstić information content (AvgIpc) is 2.29. The molecule has 0 amide bonds. The molecule has 90 valence electrons. The normalized spacial score (nSPS) is 12.5. The molecule has 1 aromatic rings. The van der Waals surface area contributed by atoms with E-state index in [1.807, 2.05) is 0 Å². The van der Waals surface area contributed by atoms with Gasteiger partial charge in [-0.1, -0.05) is 31.9 Å². The number of hydrogen-bond donors (Lipinski definition) is 1. The minimum Gasteiger partial charge on any atom is -0.382 e. The van der Waals surface area contributed by atoms with Crippen molar-refractivity contribution in [3.63, 3.8) is 0 Å². The molecule has 0 saturated carbocycles. The molecule has 0 fully saturated rings. The monoisotopic (exact) mass is 242 g/mol. The highest BCUT2D eigenvalue weighted by Crippen LogP contribution is 2.27. The number of nitrogens with zero attached hydrogens (tertiary/aromatic N) is 3. The van der Waals surface area contributed by atoms with Crippen LogP contribution in [0.15, 0.2) is 6.33 Å². The van der Waals surface area contributed by atoms with Gasteiger partial charge in [-0.3, -0.25) is 0 Å². The fraction of sp³-hybridized carbons (Fsp3) is 0.636. The zero-order valence-corrected chi connectivity index (χ0v) is 10.8. The van der Waals surface area contributed by atoms with Crippen molar-refractivity contribution in [2.45, 2.75) is 27.2 Å². The van der Waals surface area contributed by atoms with Crippen LogP contribution in [0.2, 0.25) is 5.02 Å². The standard InChI is InChI=1S/C11H19ClN4/c1-4-8(3)6-16(5-2)11-9(12)10(13)14-7-15-11/h7-8H,4-6H2,1-3H3,(H2,13,14,15). The summed E-state index contributed by atoms with van der Waals surface area (Å²) in [5.41, 5.74) is 5.67. The van der Waals surface area contributed by atoms with Gasteiger partial charge in [0.05, 0.1) is 0 Å². The molecule has 1 atom stereocenters. The first-order valence-electron chi connectivity index (χ1n) is 5.61. The van der Waals surface area contributed by atoms with Gasteiger partial charge in [0.1, 0.15) is 17.2 Å². The zero-order chi connectivity index (χ0) is 12.1. The van der Waals surface area contributed by atoms with E-state index in [9.17, 15) is 0 Å². The number of anilines is 2. The van der Waals surface area contributed by atoms with Crippen molar-refractivity contribution in [1.29, 1.82) is 0 Å². The maximum absolute atomic E-state index is 6.10. The van der Waals surface area contributed by atoms with Crippen LogP contribution in [0.25, 0.3) is 0 Å². The number of nitrogens with two attached hydrogens (primary N) is 1. The molecule has 16 heavy (non-hydrogen) atoms. The van der Waals surface area contributed by atoms with Gasteiger partial charge in [-0.15, -0.1) is 0 Å². The van der Waals surface area contributed by atoms with E-state index in [2.05, 4.69) is 35.6 Å². The molecule has 1 heterocycles. The van der Waals surface area contributed by atoms with Gasteiger partial charge in [0, 0.05) is 13.1 Å². The minimum atomic E-state index is 0.342. The highest BCUT2D eigenvalue weighted by Gasteiger charge is 2.14. The maximum Gasteiger partial charge on any atom is 0.153 e. The van der Waals surface area contributed by atoms with E-state index in [1.165, 1.54) is 6.33 Å². The second kappa shape index (κ2) is 5.89. The number of nitrogen functional groups attached to an aromatic ring is 1. The summed E-state index contributed by atoms with van der Waals surface area (Å²) in [6.07, 6.45) is 2.59. The molecule has 1 aromatic heterocycles. The molecular formula is C11H19ClN4. The lowest BCUT2D eigenvalue weighted by Gasteiger charge is -2.25. The molecule has 5 heteroatoms. The molecule has 2 N–H and O–H groups in total. The van der Waals surface area contributed by atoms with Crippen LogP contribution >= 0.6 is 11.6 Å². The van der Waals surface area contributed by atoms with Crippen molar-refractivity contribution < 1.29 is 0 Å². The van der Waals surface area contributed by atoms with Crippen LogP contribution < -0.4 is 10.6 Å². The molecule has 0 radical (unpaired) electrons. The van der Waals surface area contributed by atoms with Crippen molar-refractivity contribution in [3.05, 3.63) is 11.3 Å². The van der Waals surface area contributed by atoms with Crippen LogP contribution in [-0.2, 0) is 0 Å². The quantitative estimate of drug-likeness (QED) is 0.862. The van der Waals surface area contributed by atoms with E-state index in [0.29, 0.717) is 16.8 Å². The minimum absolute atomic E-state index is 0.342. The SMILES string of the molecule is CCC(C)CN(CC)c1ncnc(N)c1Cl. The molecular weight excluding hydrogens is 224 g/mol. The fourth-order valence-electron chi connectivity index (χ4n) is 1.46. The molecule has 0 spiro atoms. The van der Waals surface area contributed by atoms with Crippen LogP contribution in [-0.4, -0.2) is 23.1 Å². The van der Waals surface area contributed by atoms with Crippen molar-refractivity contribution in [2.24, 2.45) is 5.92 Å². The van der Waals surface area contributed by atoms with E-state index in [0.717, 1.165) is 25.3 Å². The molecule has 1 unspecified atom stereocenters. The van der Waals surface area contributed by atoms with E-state index in [4.69, 9.17) is 17.3 Å². The summed E-state index contributed by atoms with van der Waals surface area (Å²) in [6, 6.07) is 0. The van der Waals surface area contributed by atoms with Gasteiger partial charge in [-0.05, 0) is 12.8 Å². The molecule has 0 aliphatic heterocycles. The van der Waals surface area contributed by atoms with E-state index in [-0.39, 0.29) is 0 Å². The van der Waals surface area contributed by atoms with Crippen molar-refractivity contribution in [3.8, 4) is 0 Å². The Morgan fingerprint density at radius 2 is 2.12 bits per heavy atom. The molecule has 0 aliphatic rings. The van der Waals surface area contributed by atoms with Crippen LogP contribution in [0.4, 0.5) is 11.6 Å². The molecule has 0 aromatic carbocycles. The van der Waals surface area contributed by atoms with Crippen molar-refractivity contribution in [2.75, 3.05) is 23.7 Å². The highest BCUT2D eigenvalue weighted by molar-refractivity contribution is 6.35. The first-order valence-corrected chi connectivity index (χ1v) is 5.98. The number of rotatable bonds is 5. The smallest absolute Gasteiger partial charge is 0.153 e. The lowest BCUT2D eigenvalue weighted by Crippen LogP contribution is -2.29. The highest BCUT2D eigenvalue weighted by atomic mass is 35.5. The van der Waals surface area contributed by atoms with Gasteiger partial charge in [0.25, 0.3) is 0 Å². The third kappa shape index (κ3) is 2.98. The summed E-state index contributed by atoms with van der Waals surface area (Å²) in [5, 5.41) is 0.452. The first-order chi connectivity index (χ1) is 7.60. The maximum atomic E-state index is 6.10. The molecule has 4 nitrogen and oxygen atoms in total. The molecule has 0 saturated heterocycles. The van der Waals surface area contributed by atoms with Gasteiger partial charge in [-0.25, -0.2) is 9.97 Å². The Labute approximate surface area is 102 Å². The molecule has 1 rings (SSSR count). The van der Waals surface area contributed by atoms with Crippen LogP contribution in [0.5, 0.6) is 0 Å². The lowest BCUT2D eigenvalue weighted by atomic mass is 10.1. The Balaban J connectivity index is 2.90. The predicted octanol–water partition coefficient (Wildman–Crippen LogP) is 2.58. The summed E-state index contributed by atoms with van der Waals surface area (Å²) >= 11 is 6.10. The van der Waals surface area contributed by atoms with Crippen LogP contribution in [0, 0.1) is 5.92 Å². The summed E-state index contributed by atoms with van der Waals surface area (Å²) in [5.74, 6) is 1.68. The fourth-order valence-corrected chi connectivity index (χ4v) is 1.68. The van der Waals surface area contributed by atoms with Crippen molar-refractivity contribution in [1.82, 2.24) is 9.97 Å². The van der Waals surface area contributed by atoms with E-state index >= 15 is 0 Å². The second-order valence-electron chi connectivity index (χ2n) is 3.95. The van der Waals surface area contributed by atoms with Crippen molar-refractivity contribution >= 4 is 23.2 Å². The largest absolute Gasteiger partial charge is 0.382 e. The average molecular weight is 243 g/mol. The Bertz CT molecular complexity index is 343. The van der Waals surface area contributed by atoms with Crippen LogP contribution in [0.1, 0.15) is 27.2 Å². The Morgan fingerprint density at radius 1 is 1.44 bits per heavy atom. The molecule has 0 bridgehead atoms. The van der Waals surface area contributed by atoms with E-state index < -0.39 is 0 Å².